The maximum atomic E-state index is 11.8. The van der Waals surface area contributed by atoms with E-state index in [1.54, 1.807) is 6.92 Å². The minimum Gasteiger partial charge on any atom is -0.450 e. The number of hydrogen-bond donors (Lipinski definition) is 3. The first kappa shape index (κ1) is 17.9. The van der Waals surface area contributed by atoms with Crippen LogP contribution in [0.25, 0.3) is 11.6 Å². The number of carbonyl (C=O) groups is 2. The van der Waals surface area contributed by atoms with Gasteiger partial charge in [-0.05, 0) is 30.8 Å². The molecule has 24 heavy (non-hydrogen) atoms. The van der Waals surface area contributed by atoms with Crippen molar-refractivity contribution in [2.24, 2.45) is 5.10 Å². The maximum absolute atomic E-state index is 11.8. The number of nitrogens with one attached hydrogen (secondary N) is 3. The second-order valence-electron chi connectivity index (χ2n) is 5.07. The summed E-state index contributed by atoms with van der Waals surface area (Å²) < 4.78 is 4.71. The molecule has 0 radical (unpaired) electrons. The average Bonchev–Trinajstić information content (AvgIpc) is 2.95. The highest BCUT2D eigenvalue weighted by Gasteiger charge is 2.16. The second-order valence-corrected chi connectivity index (χ2v) is 6.07. The van der Waals surface area contributed by atoms with Gasteiger partial charge >= 0.3 is 6.09 Å². The predicted molar refractivity (Wildman–Crippen MR) is 95.3 cm³/mol. The number of hydrazone groups is 1. The Morgan fingerprint density at radius 1 is 1.42 bits per heavy atom. The van der Waals surface area contributed by atoms with Crippen LogP contribution >= 0.6 is 11.8 Å². The van der Waals surface area contributed by atoms with Crippen LogP contribution in [0.4, 0.5) is 4.79 Å². The summed E-state index contributed by atoms with van der Waals surface area (Å²) in [5.41, 5.74) is 4.04. The van der Waals surface area contributed by atoms with E-state index in [-0.39, 0.29) is 18.9 Å². The number of aryl methyl sites for hydroxylation is 1. The van der Waals surface area contributed by atoms with Crippen molar-refractivity contribution in [2.75, 3.05) is 13.2 Å². The molecule has 0 spiro atoms. The Kier molecular flexibility index (Phi) is 6.25. The normalized spacial score (nSPS) is 15.3. The van der Waals surface area contributed by atoms with Crippen molar-refractivity contribution in [3.05, 3.63) is 34.2 Å². The minimum atomic E-state index is -0.530. The summed E-state index contributed by atoms with van der Waals surface area (Å²) in [6, 6.07) is 5.95. The van der Waals surface area contributed by atoms with Gasteiger partial charge in [-0.15, -0.1) is 5.10 Å². The molecular weight excluding hydrogens is 328 g/mol. The zero-order chi connectivity index (χ0) is 17.5. The molecule has 1 aliphatic heterocycles. The molecule has 1 aliphatic rings. The summed E-state index contributed by atoms with van der Waals surface area (Å²) in [6.07, 6.45) is -0.392. The Hall–Kier alpha value is -2.48. The van der Waals surface area contributed by atoms with Gasteiger partial charge in [-0.25, -0.2) is 4.79 Å². The van der Waals surface area contributed by atoms with E-state index >= 15 is 0 Å². The second kappa shape index (κ2) is 8.39. The Balaban J connectivity index is 1.86. The van der Waals surface area contributed by atoms with Gasteiger partial charge in [0.1, 0.15) is 5.03 Å². The van der Waals surface area contributed by atoms with Crippen LogP contribution in [0.5, 0.6) is 0 Å². The van der Waals surface area contributed by atoms with Crippen LogP contribution in [0.3, 0.4) is 0 Å². The number of amides is 2. The van der Waals surface area contributed by atoms with Crippen molar-refractivity contribution in [1.82, 2.24) is 16.1 Å². The van der Waals surface area contributed by atoms with Crippen LogP contribution in [0.15, 0.2) is 23.3 Å². The van der Waals surface area contributed by atoms with E-state index in [0.29, 0.717) is 11.8 Å². The smallest absolute Gasteiger partial charge is 0.407 e. The topological polar surface area (TPSA) is 91.8 Å². The van der Waals surface area contributed by atoms with E-state index < -0.39 is 6.09 Å². The van der Waals surface area contributed by atoms with Gasteiger partial charge in [0.2, 0.25) is 5.91 Å². The molecule has 0 unspecified atom stereocenters. The summed E-state index contributed by atoms with van der Waals surface area (Å²) in [4.78, 5) is 23.0. The summed E-state index contributed by atoms with van der Waals surface area (Å²) in [5, 5.41) is 12.4. The number of alkyl carbamates (subject to hydrolysis) is 1. The number of benzene rings is 1. The summed E-state index contributed by atoms with van der Waals surface area (Å²) in [6.45, 7) is 8.24. The van der Waals surface area contributed by atoms with Crippen molar-refractivity contribution in [3.8, 4) is 0 Å². The van der Waals surface area contributed by atoms with Crippen molar-refractivity contribution >= 4 is 40.5 Å². The standard InChI is InChI=1S/C16H20N4O3S/c1-4-23-16(22)17-8-7-13(21)18-15-20-19-14(24-15)12-6-5-10(2)9-11(12)3/h5-6,9,19H,3-4,7-8H2,1-2H3,(H,17,22)(H,18,20,21). The molecule has 1 aromatic carbocycles. The van der Waals surface area contributed by atoms with Gasteiger partial charge in [0, 0.05) is 18.2 Å². The fraction of sp³-hybridized carbons (Fsp3) is 0.312. The number of thioether (sulfide) groups is 1. The molecule has 0 saturated carbocycles. The van der Waals surface area contributed by atoms with Crippen LogP contribution in [-0.4, -0.2) is 30.3 Å². The van der Waals surface area contributed by atoms with Gasteiger partial charge in [-0.1, -0.05) is 30.3 Å². The molecule has 2 amide bonds. The molecule has 1 aromatic rings. The van der Waals surface area contributed by atoms with Crippen LogP contribution in [0.1, 0.15) is 18.9 Å². The molecule has 0 fully saturated rings. The van der Waals surface area contributed by atoms with Gasteiger partial charge in [-0.2, -0.15) is 0 Å². The fourth-order valence-corrected chi connectivity index (χ4v) is 2.85. The predicted octanol–water partition coefficient (Wildman–Crippen LogP) is 0.331. The third kappa shape index (κ3) is 5.02. The van der Waals surface area contributed by atoms with E-state index in [1.165, 1.54) is 11.8 Å². The zero-order valence-electron chi connectivity index (χ0n) is 13.6. The first-order chi connectivity index (χ1) is 11.5. The van der Waals surface area contributed by atoms with E-state index in [2.05, 4.69) is 27.7 Å². The summed E-state index contributed by atoms with van der Waals surface area (Å²) in [5.74, 6) is -0.236. The Bertz CT molecular complexity index is 776. The first-order valence-corrected chi connectivity index (χ1v) is 8.33. The molecule has 0 bridgehead atoms. The molecule has 8 heteroatoms. The number of hydrogen-bond acceptors (Lipinski definition) is 6. The van der Waals surface area contributed by atoms with Gasteiger partial charge in [-0.3, -0.25) is 10.2 Å². The SMILES string of the molecule is C=c1cc(C)ccc1=C1NN=C(NC(=O)CCNC(=O)OCC)S1. The molecule has 3 N–H and O–H groups in total. The third-order valence-electron chi connectivity index (χ3n) is 3.11. The van der Waals surface area contributed by atoms with Crippen LogP contribution in [-0.2, 0) is 9.53 Å². The third-order valence-corrected chi connectivity index (χ3v) is 4.01. The van der Waals surface area contributed by atoms with Crippen LogP contribution in [0.2, 0.25) is 0 Å². The molecule has 0 aliphatic carbocycles. The number of nitrogens with zero attached hydrogens (tertiary/aromatic N) is 1. The highest BCUT2D eigenvalue weighted by atomic mass is 32.2. The summed E-state index contributed by atoms with van der Waals surface area (Å²) in [7, 11) is 0. The molecule has 0 aromatic heterocycles. The molecule has 0 atom stereocenters. The summed E-state index contributed by atoms with van der Waals surface area (Å²) >= 11 is 1.33. The molecule has 0 saturated heterocycles. The zero-order valence-corrected chi connectivity index (χ0v) is 14.5. The molecular formula is C16H20N4O3S. The van der Waals surface area contributed by atoms with E-state index in [0.717, 1.165) is 21.0 Å². The monoisotopic (exact) mass is 348 g/mol. The highest BCUT2D eigenvalue weighted by Crippen LogP contribution is 2.18. The Morgan fingerprint density at radius 3 is 2.92 bits per heavy atom. The van der Waals surface area contributed by atoms with Gasteiger partial charge in [0.05, 0.1) is 6.61 Å². The molecule has 128 valence electrons. The lowest BCUT2D eigenvalue weighted by Crippen LogP contribution is -2.33. The van der Waals surface area contributed by atoms with Crippen molar-refractivity contribution in [2.45, 2.75) is 20.3 Å². The minimum absolute atomic E-state index is 0.138. The fourth-order valence-electron chi connectivity index (χ4n) is 2.00. The van der Waals surface area contributed by atoms with E-state index in [9.17, 15) is 9.59 Å². The average molecular weight is 348 g/mol. The number of rotatable bonds is 4. The van der Waals surface area contributed by atoms with Gasteiger partial charge in [0.15, 0.2) is 5.17 Å². The van der Waals surface area contributed by atoms with Crippen LogP contribution in [0, 0.1) is 6.92 Å². The maximum Gasteiger partial charge on any atom is 0.407 e. The van der Waals surface area contributed by atoms with Crippen molar-refractivity contribution in [3.63, 3.8) is 0 Å². The van der Waals surface area contributed by atoms with Gasteiger partial charge < -0.3 is 15.4 Å². The number of ether oxygens (including phenoxy) is 1. The lowest BCUT2D eigenvalue weighted by Gasteiger charge is -2.05. The van der Waals surface area contributed by atoms with E-state index in [4.69, 9.17) is 4.74 Å². The van der Waals surface area contributed by atoms with Gasteiger partial charge in [0.25, 0.3) is 0 Å². The lowest BCUT2D eigenvalue weighted by atomic mass is 10.2. The lowest BCUT2D eigenvalue weighted by molar-refractivity contribution is -0.119. The Labute approximate surface area is 144 Å². The number of amidine groups is 1. The quantitative estimate of drug-likeness (QED) is 0.729. The van der Waals surface area contributed by atoms with Crippen LogP contribution < -0.4 is 26.5 Å². The molecule has 1 heterocycles. The Morgan fingerprint density at radius 2 is 2.21 bits per heavy atom. The highest BCUT2D eigenvalue weighted by molar-refractivity contribution is 8.21. The van der Waals surface area contributed by atoms with Crippen molar-refractivity contribution in [1.29, 1.82) is 0 Å². The molecule has 7 nitrogen and oxygen atoms in total. The molecule has 2 rings (SSSR count). The van der Waals surface area contributed by atoms with Crippen molar-refractivity contribution < 1.29 is 14.3 Å². The first-order valence-electron chi connectivity index (χ1n) is 7.51. The van der Waals surface area contributed by atoms with E-state index in [1.807, 2.05) is 25.1 Å². The number of carbonyl (C=O) groups excluding carboxylic acids is 2. The largest absolute Gasteiger partial charge is 0.450 e.